The first-order valence-corrected chi connectivity index (χ1v) is 2.45. The Morgan fingerprint density at radius 1 is 1.60 bits per heavy atom. The summed E-state index contributed by atoms with van der Waals surface area (Å²) in [5, 5.41) is 0. The van der Waals surface area contributed by atoms with Gasteiger partial charge in [0.1, 0.15) is 0 Å². The van der Waals surface area contributed by atoms with E-state index >= 15 is 0 Å². The zero-order valence-corrected chi connectivity index (χ0v) is 5.75. The van der Waals surface area contributed by atoms with Gasteiger partial charge in [0.05, 0.1) is 27.1 Å². The quantitative estimate of drug-likeness (QED) is 0.244. The van der Waals surface area contributed by atoms with Gasteiger partial charge in [-0.2, -0.15) is 0 Å². The molecule has 0 aromatic heterocycles. The first-order chi connectivity index (χ1) is 4.76. The standard InChI is InChI=1S/C6H7NO3/c1-7-5(4-9-2)6(8)10-3/h4H,2-3H3. The normalized spacial score (nSPS) is 9.90. The molecule has 0 bridgehead atoms. The molecule has 0 heterocycles. The third-order valence-corrected chi connectivity index (χ3v) is 0.744. The summed E-state index contributed by atoms with van der Waals surface area (Å²) >= 11 is 0. The van der Waals surface area contributed by atoms with Gasteiger partial charge in [-0.3, -0.25) is 4.79 Å². The zero-order valence-electron chi connectivity index (χ0n) is 5.75. The average Bonchev–Trinajstić information content (AvgIpc) is 1.99. The van der Waals surface area contributed by atoms with Crippen molar-refractivity contribution in [2.24, 2.45) is 0 Å². The fourth-order valence-corrected chi connectivity index (χ4v) is 0.336. The van der Waals surface area contributed by atoms with Gasteiger partial charge < -0.3 is 9.47 Å². The van der Waals surface area contributed by atoms with Crippen LogP contribution in [0.3, 0.4) is 0 Å². The minimum Gasteiger partial charge on any atom is -0.515 e. The molecule has 0 aliphatic rings. The van der Waals surface area contributed by atoms with Gasteiger partial charge in [0.15, 0.2) is 0 Å². The summed E-state index contributed by atoms with van der Waals surface area (Å²) in [5.74, 6) is -0.683. The predicted octanol–water partition coefficient (Wildman–Crippen LogP) is 0.566. The van der Waals surface area contributed by atoms with E-state index in [9.17, 15) is 4.79 Å². The zero-order chi connectivity index (χ0) is 7.98. The van der Waals surface area contributed by atoms with Crippen LogP contribution in [0.2, 0.25) is 0 Å². The van der Waals surface area contributed by atoms with Crippen molar-refractivity contribution >= 4 is 5.97 Å². The molecule has 0 atom stereocenters. The van der Waals surface area contributed by atoms with E-state index in [0.717, 1.165) is 6.26 Å². The number of hydrogen-bond donors (Lipinski definition) is 0. The number of carbonyl (C=O) groups excluding carboxylic acids is 1. The molecule has 10 heavy (non-hydrogen) atoms. The molecule has 0 unspecified atom stereocenters. The van der Waals surface area contributed by atoms with Gasteiger partial charge in [-0.25, -0.2) is 4.85 Å². The highest BCUT2D eigenvalue weighted by atomic mass is 16.5. The van der Waals surface area contributed by atoms with Gasteiger partial charge in [-0.1, -0.05) is 0 Å². The third-order valence-electron chi connectivity index (χ3n) is 0.744. The lowest BCUT2D eigenvalue weighted by Crippen LogP contribution is -2.01. The van der Waals surface area contributed by atoms with Crippen LogP contribution in [0.4, 0.5) is 0 Å². The summed E-state index contributed by atoms with van der Waals surface area (Å²) in [5.41, 5.74) is -0.162. The SMILES string of the molecule is [C-]#[N+]C(=COC)C(=O)OC. The molecule has 0 aromatic rings. The first-order valence-electron chi connectivity index (χ1n) is 2.45. The van der Waals surface area contributed by atoms with Crippen LogP contribution in [0.25, 0.3) is 4.85 Å². The smallest absolute Gasteiger partial charge is 0.339 e. The Balaban J connectivity index is 4.25. The second-order valence-corrected chi connectivity index (χ2v) is 1.34. The molecule has 0 N–H and O–H groups in total. The lowest BCUT2D eigenvalue weighted by atomic mass is 10.5. The molecular formula is C6H7NO3. The van der Waals surface area contributed by atoms with Crippen molar-refractivity contribution in [2.45, 2.75) is 0 Å². The first kappa shape index (κ1) is 8.50. The predicted molar refractivity (Wildman–Crippen MR) is 33.7 cm³/mol. The minimum absolute atomic E-state index is 0.162. The molecule has 0 saturated carbocycles. The molecule has 54 valence electrons. The number of esters is 1. The highest BCUT2D eigenvalue weighted by molar-refractivity contribution is 5.89. The summed E-state index contributed by atoms with van der Waals surface area (Å²) < 4.78 is 8.70. The van der Waals surface area contributed by atoms with Crippen molar-refractivity contribution in [1.82, 2.24) is 0 Å². The topological polar surface area (TPSA) is 39.9 Å². The fraction of sp³-hybridized carbons (Fsp3) is 0.333. The van der Waals surface area contributed by atoms with Crippen molar-refractivity contribution in [3.8, 4) is 0 Å². The average molecular weight is 141 g/mol. The molecule has 0 spiro atoms. The number of nitrogens with zero attached hydrogens (tertiary/aromatic N) is 1. The Morgan fingerprint density at radius 2 is 2.20 bits per heavy atom. The third kappa shape index (κ3) is 2.18. The van der Waals surface area contributed by atoms with Crippen molar-refractivity contribution in [1.29, 1.82) is 0 Å². The van der Waals surface area contributed by atoms with Gasteiger partial charge in [0, 0.05) is 0 Å². The van der Waals surface area contributed by atoms with Crippen LogP contribution >= 0.6 is 0 Å². The molecule has 0 amide bonds. The summed E-state index contributed by atoms with van der Waals surface area (Å²) in [7, 11) is 2.56. The fourth-order valence-electron chi connectivity index (χ4n) is 0.336. The second kappa shape index (κ2) is 4.39. The molecule has 0 radical (unpaired) electrons. The van der Waals surface area contributed by atoms with Crippen LogP contribution in [0.15, 0.2) is 12.0 Å². The summed E-state index contributed by atoms with van der Waals surface area (Å²) in [4.78, 5) is 13.4. The lowest BCUT2D eigenvalue weighted by Gasteiger charge is -1.93. The summed E-state index contributed by atoms with van der Waals surface area (Å²) in [6.07, 6.45) is 1.04. The van der Waals surface area contributed by atoms with Crippen LogP contribution in [-0.2, 0) is 14.3 Å². The van der Waals surface area contributed by atoms with Crippen LogP contribution in [-0.4, -0.2) is 20.2 Å². The number of carbonyl (C=O) groups is 1. The monoisotopic (exact) mass is 141 g/mol. The number of rotatable bonds is 2. The Hall–Kier alpha value is -1.50. The summed E-state index contributed by atoms with van der Waals surface area (Å²) in [6.45, 7) is 6.47. The number of methoxy groups -OCH3 is 2. The van der Waals surface area contributed by atoms with Crippen molar-refractivity contribution in [2.75, 3.05) is 14.2 Å². The Labute approximate surface area is 58.9 Å². The Morgan fingerprint density at radius 3 is 2.50 bits per heavy atom. The van der Waals surface area contributed by atoms with E-state index in [0.29, 0.717) is 0 Å². The second-order valence-electron chi connectivity index (χ2n) is 1.34. The van der Waals surface area contributed by atoms with Gasteiger partial charge in [-0.15, -0.1) is 0 Å². The van der Waals surface area contributed by atoms with Crippen LogP contribution < -0.4 is 0 Å². The molecule has 0 rings (SSSR count). The van der Waals surface area contributed by atoms with Gasteiger partial charge in [0.25, 0.3) is 0 Å². The van der Waals surface area contributed by atoms with Gasteiger partial charge >= 0.3 is 11.7 Å². The molecule has 0 aliphatic heterocycles. The maximum Gasteiger partial charge on any atom is 0.339 e. The molecule has 0 aliphatic carbocycles. The molecule has 0 aromatic carbocycles. The van der Waals surface area contributed by atoms with Crippen molar-refractivity contribution < 1.29 is 14.3 Å². The van der Waals surface area contributed by atoms with E-state index < -0.39 is 5.97 Å². The Kier molecular flexibility index (Phi) is 3.73. The van der Waals surface area contributed by atoms with Crippen LogP contribution in [0, 0.1) is 6.57 Å². The van der Waals surface area contributed by atoms with Crippen LogP contribution in [0.1, 0.15) is 0 Å². The highest BCUT2D eigenvalue weighted by Crippen LogP contribution is 1.97. The Bertz CT molecular complexity index is 190. The van der Waals surface area contributed by atoms with E-state index in [1.165, 1.54) is 14.2 Å². The largest absolute Gasteiger partial charge is 0.515 e. The van der Waals surface area contributed by atoms with Gasteiger partial charge in [-0.05, 0) is 0 Å². The maximum atomic E-state index is 10.5. The lowest BCUT2D eigenvalue weighted by molar-refractivity contribution is -0.135. The van der Waals surface area contributed by atoms with E-state index in [2.05, 4.69) is 14.3 Å². The van der Waals surface area contributed by atoms with Crippen molar-refractivity contribution in [3.05, 3.63) is 23.4 Å². The van der Waals surface area contributed by atoms with E-state index in [4.69, 9.17) is 6.57 Å². The van der Waals surface area contributed by atoms with Gasteiger partial charge in [0.2, 0.25) is 0 Å². The molecule has 4 heteroatoms. The number of ether oxygens (including phenoxy) is 2. The minimum atomic E-state index is -0.683. The van der Waals surface area contributed by atoms with Crippen LogP contribution in [0.5, 0.6) is 0 Å². The summed E-state index contributed by atoms with van der Waals surface area (Å²) in [6, 6.07) is 0. The van der Waals surface area contributed by atoms with E-state index in [1.54, 1.807) is 0 Å². The molecule has 0 fully saturated rings. The van der Waals surface area contributed by atoms with E-state index in [-0.39, 0.29) is 5.70 Å². The van der Waals surface area contributed by atoms with E-state index in [1.807, 2.05) is 0 Å². The van der Waals surface area contributed by atoms with Crippen molar-refractivity contribution in [3.63, 3.8) is 0 Å². The highest BCUT2D eigenvalue weighted by Gasteiger charge is 2.08. The molecule has 4 nitrogen and oxygen atoms in total. The molecule has 0 saturated heterocycles. The maximum absolute atomic E-state index is 10.5. The molecular weight excluding hydrogens is 134 g/mol. The number of hydrogen-bond acceptors (Lipinski definition) is 3.